The van der Waals surface area contributed by atoms with Crippen LogP contribution in [0, 0.1) is 6.92 Å². The number of nitrogens with zero attached hydrogens (tertiary/aromatic N) is 3. The first-order valence-electron chi connectivity index (χ1n) is 8.25. The summed E-state index contributed by atoms with van der Waals surface area (Å²) in [6, 6.07) is 11.0. The molecule has 2 aromatic rings. The van der Waals surface area contributed by atoms with Gasteiger partial charge in [-0.15, -0.1) is 0 Å². The van der Waals surface area contributed by atoms with E-state index >= 15 is 0 Å². The molecule has 1 saturated heterocycles. The second kappa shape index (κ2) is 6.63. The zero-order valence-corrected chi connectivity index (χ0v) is 13.6. The van der Waals surface area contributed by atoms with Crippen molar-refractivity contribution < 1.29 is 0 Å². The molecule has 1 aromatic heterocycles. The molecular formula is C18H26N4. The SMILES string of the molecule is Cc1nn(-c2ccccc2)cc1CN1CCCC[C@H]1[C@@H](C)N. The molecule has 2 N–H and O–H groups in total. The quantitative estimate of drug-likeness (QED) is 0.944. The number of likely N-dealkylation sites (tertiary alicyclic amines) is 1. The van der Waals surface area contributed by atoms with Crippen molar-refractivity contribution in [1.82, 2.24) is 14.7 Å². The summed E-state index contributed by atoms with van der Waals surface area (Å²) in [6.07, 6.45) is 5.95. The summed E-state index contributed by atoms with van der Waals surface area (Å²) >= 11 is 0. The molecule has 0 amide bonds. The van der Waals surface area contributed by atoms with Crippen molar-refractivity contribution in [3.63, 3.8) is 0 Å². The van der Waals surface area contributed by atoms with Crippen LogP contribution in [0.1, 0.15) is 37.4 Å². The molecule has 0 saturated carbocycles. The molecule has 0 unspecified atom stereocenters. The van der Waals surface area contributed by atoms with Crippen LogP contribution in [0.2, 0.25) is 0 Å². The first-order chi connectivity index (χ1) is 10.6. The highest BCUT2D eigenvalue weighted by molar-refractivity contribution is 5.32. The van der Waals surface area contributed by atoms with Crippen molar-refractivity contribution in [2.24, 2.45) is 5.73 Å². The van der Waals surface area contributed by atoms with Gasteiger partial charge in [0.2, 0.25) is 0 Å². The van der Waals surface area contributed by atoms with Gasteiger partial charge in [-0.1, -0.05) is 24.6 Å². The monoisotopic (exact) mass is 298 g/mol. The van der Waals surface area contributed by atoms with Gasteiger partial charge in [-0.05, 0) is 45.4 Å². The predicted octanol–water partition coefficient (Wildman–Crippen LogP) is 2.88. The van der Waals surface area contributed by atoms with Gasteiger partial charge in [0, 0.05) is 30.4 Å². The molecule has 4 nitrogen and oxygen atoms in total. The van der Waals surface area contributed by atoms with E-state index in [4.69, 9.17) is 5.73 Å². The molecule has 1 aromatic carbocycles. The van der Waals surface area contributed by atoms with Crippen LogP contribution in [0.3, 0.4) is 0 Å². The third-order valence-corrected chi connectivity index (χ3v) is 4.67. The van der Waals surface area contributed by atoms with Crippen molar-refractivity contribution >= 4 is 0 Å². The molecule has 2 atom stereocenters. The molecule has 1 aliphatic rings. The lowest BCUT2D eigenvalue weighted by atomic mass is 9.96. The number of hydrogen-bond acceptors (Lipinski definition) is 3. The number of rotatable bonds is 4. The fourth-order valence-electron chi connectivity index (χ4n) is 3.39. The number of nitrogens with two attached hydrogens (primary N) is 1. The van der Waals surface area contributed by atoms with E-state index in [2.05, 4.69) is 42.2 Å². The molecule has 0 spiro atoms. The maximum atomic E-state index is 6.18. The predicted molar refractivity (Wildman–Crippen MR) is 90.0 cm³/mol. The Morgan fingerprint density at radius 2 is 2.05 bits per heavy atom. The number of hydrogen-bond donors (Lipinski definition) is 1. The first kappa shape index (κ1) is 15.3. The maximum Gasteiger partial charge on any atom is 0.0645 e. The molecule has 1 aliphatic heterocycles. The molecule has 22 heavy (non-hydrogen) atoms. The van der Waals surface area contributed by atoms with Crippen molar-refractivity contribution in [2.75, 3.05) is 6.54 Å². The highest BCUT2D eigenvalue weighted by Gasteiger charge is 2.26. The molecule has 0 radical (unpaired) electrons. The molecule has 1 fully saturated rings. The van der Waals surface area contributed by atoms with Crippen molar-refractivity contribution in [1.29, 1.82) is 0 Å². The number of aryl methyl sites for hydroxylation is 1. The summed E-state index contributed by atoms with van der Waals surface area (Å²) in [6.45, 7) is 6.32. The van der Waals surface area contributed by atoms with Crippen LogP contribution in [-0.2, 0) is 6.54 Å². The third kappa shape index (κ3) is 3.23. The fourth-order valence-corrected chi connectivity index (χ4v) is 3.39. The summed E-state index contributed by atoms with van der Waals surface area (Å²) in [5, 5.41) is 4.68. The van der Waals surface area contributed by atoms with E-state index in [0.29, 0.717) is 6.04 Å². The molecule has 4 heteroatoms. The summed E-state index contributed by atoms with van der Waals surface area (Å²) in [4.78, 5) is 2.54. The van der Waals surface area contributed by atoms with Crippen LogP contribution in [-0.4, -0.2) is 33.3 Å². The van der Waals surface area contributed by atoms with E-state index < -0.39 is 0 Å². The highest BCUT2D eigenvalue weighted by Crippen LogP contribution is 2.23. The van der Waals surface area contributed by atoms with Gasteiger partial charge in [-0.3, -0.25) is 4.90 Å². The van der Waals surface area contributed by atoms with Crippen molar-refractivity contribution in [2.45, 2.75) is 51.7 Å². The van der Waals surface area contributed by atoms with Gasteiger partial charge in [-0.25, -0.2) is 4.68 Å². The van der Waals surface area contributed by atoms with Gasteiger partial charge in [0.25, 0.3) is 0 Å². The van der Waals surface area contributed by atoms with Crippen molar-refractivity contribution in [3.05, 3.63) is 47.8 Å². The lowest BCUT2D eigenvalue weighted by Gasteiger charge is -2.37. The Labute approximate surface area is 132 Å². The van der Waals surface area contributed by atoms with Crippen LogP contribution in [0.15, 0.2) is 36.5 Å². The normalized spacial score (nSPS) is 21.0. The van der Waals surface area contributed by atoms with E-state index in [9.17, 15) is 0 Å². The van der Waals surface area contributed by atoms with Crippen LogP contribution >= 0.6 is 0 Å². The zero-order valence-electron chi connectivity index (χ0n) is 13.6. The minimum atomic E-state index is 0.227. The van der Waals surface area contributed by atoms with Gasteiger partial charge < -0.3 is 5.73 Å². The number of benzene rings is 1. The summed E-state index contributed by atoms with van der Waals surface area (Å²) in [5.74, 6) is 0. The number of piperidine rings is 1. The van der Waals surface area contributed by atoms with E-state index in [0.717, 1.165) is 24.5 Å². The standard InChI is InChI=1S/C18H26N4/c1-14(19)18-10-6-7-11-21(18)12-16-13-22(20-15(16)2)17-8-4-3-5-9-17/h3-5,8-9,13-14,18H,6-7,10-12,19H2,1-2H3/t14-,18+/m1/s1. The largest absolute Gasteiger partial charge is 0.327 e. The minimum absolute atomic E-state index is 0.227. The Balaban J connectivity index is 1.79. The Bertz CT molecular complexity index is 603. The van der Waals surface area contributed by atoms with E-state index in [1.54, 1.807) is 0 Å². The van der Waals surface area contributed by atoms with E-state index in [1.165, 1.54) is 24.8 Å². The molecular weight excluding hydrogens is 272 g/mol. The van der Waals surface area contributed by atoms with Crippen LogP contribution < -0.4 is 5.73 Å². The lowest BCUT2D eigenvalue weighted by Crippen LogP contribution is -2.48. The van der Waals surface area contributed by atoms with Crippen LogP contribution in [0.4, 0.5) is 0 Å². The van der Waals surface area contributed by atoms with Gasteiger partial charge >= 0.3 is 0 Å². The fraction of sp³-hybridized carbons (Fsp3) is 0.500. The second-order valence-corrected chi connectivity index (χ2v) is 6.41. The Morgan fingerprint density at radius 3 is 2.77 bits per heavy atom. The summed E-state index contributed by atoms with van der Waals surface area (Å²) < 4.78 is 1.98. The van der Waals surface area contributed by atoms with Gasteiger partial charge in [0.1, 0.15) is 0 Å². The number of para-hydroxylation sites is 1. The average Bonchev–Trinajstić information content (AvgIpc) is 2.90. The molecule has 3 rings (SSSR count). The van der Waals surface area contributed by atoms with Gasteiger partial charge in [0.05, 0.1) is 11.4 Å². The second-order valence-electron chi connectivity index (χ2n) is 6.41. The highest BCUT2D eigenvalue weighted by atomic mass is 15.3. The molecule has 0 bridgehead atoms. The topological polar surface area (TPSA) is 47.1 Å². The zero-order chi connectivity index (χ0) is 15.5. The maximum absolute atomic E-state index is 6.18. The smallest absolute Gasteiger partial charge is 0.0645 e. The van der Waals surface area contributed by atoms with E-state index in [-0.39, 0.29) is 6.04 Å². The van der Waals surface area contributed by atoms with Crippen LogP contribution in [0.5, 0.6) is 0 Å². The lowest BCUT2D eigenvalue weighted by molar-refractivity contribution is 0.123. The minimum Gasteiger partial charge on any atom is -0.327 e. The third-order valence-electron chi connectivity index (χ3n) is 4.67. The number of aromatic nitrogens is 2. The average molecular weight is 298 g/mol. The summed E-state index contributed by atoms with van der Waals surface area (Å²) in [7, 11) is 0. The molecule has 0 aliphatic carbocycles. The van der Waals surface area contributed by atoms with Crippen LogP contribution in [0.25, 0.3) is 5.69 Å². The van der Waals surface area contributed by atoms with E-state index in [1.807, 2.05) is 22.9 Å². The van der Waals surface area contributed by atoms with Crippen molar-refractivity contribution in [3.8, 4) is 5.69 Å². The Hall–Kier alpha value is -1.65. The first-order valence-corrected chi connectivity index (χ1v) is 8.25. The molecule has 2 heterocycles. The summed E-state index contributed by atoms with van der Waals surface area (Å²) in [5.41, 5.74) is 9.70. The van der Waals surface area contributed by atoms with Gasteiger partial charge in [0.15, 0.2) is 0 Å². The molecule has 118 valence electrons. The Morgan fingerprint density at radius 1 is 1.27 bits per heavy atom. The van der Waals surface area contributed by atoms with Gasteiger partial charge in [-0.2, -0.15) is 5.10 Å². The Kier molecular flexibility index (Phi) is 4.60.